The Hall–Kier alpha value is -1.28. The summed E-state index contributed by atoms with van der Waals surface area (Å²) in [5, 5.41) is 18.8. The summed E-state index contributed by atoms with van der Waals surface area (Å²) in [6.07, 6.45) is 4.73. The molecule has 0 saturated heterocycles. The first-order valence-corrected chi connectivity index (χ1v) is 5.60. The van der Waals surface area contributed by atoms with Crippen molar-refractivity contribution < 1.29 is 10.2 Å². The van der Waals surface area contributed by atoms with Crippen LogP contribution < -0.4 is 0 Å². The van der Waals surface area contributed by atoms with Crippen LogP contribution in [0.15, 0.2) is 24.3 Å². The highest BCUT2D eigenvalue weighted by molar-refractivity contribution is 5.58. The smallest absolute Gasteiger partial charge is 0.122 e. The molecule has 0 heterocycles. The van der Waals surface area contributed by atoms with Gasteiger partial charge in [0.25, 0.3) is 0 Å². The lowest BCUT2D eigenvalue weighted by Gasteiger charge is -2.15. The zero-order valence-electron chi connectivity index (χ0n) is 10.2. The molecule has 0 atom stereocenters. The van der Waals surface area contributed by atoms with Gasteiger partial charge in [0.2, 0.25) is 0 Å². The molecule has 0 aromatic heterocycles. The molecule has 88 valence electrons. The zero-order chi connectivity index (χ0) is 12.2. The van der Waals surface area contributed by atoms with Crippen molar-refractivity contribution in [3.8, 4) is 5.75 Å². The molecule has 16 heavy (non-hydrogen) atoms. The zero-order valence-corrected chi connectivity index (χ0v) is 10.2. The number of phenolic OH excluding ortho intramolecular Hbond substituents is 1. The fourth-order valence-electron chi connectivity index (χ4n) is 1.33. The Kier molecular flexibility index (Phi) is 4.13. The molecule has 1 aromatic carbocycles. The molecule has 0 radical (unpaired) electrons. The van der Waals surface area contributed by atoms with Crippen LogP contribution in [-0.2, 0) is 6.42 Å². The first-order valence-electron chi connectivity index (χ1n) is 5.60. The van der Waals surface area contributed by atoms with Crippen LogP contribution in [0.4, 0.5) is 0 Å². The van der Waals surface area contributed by atoms with Crippen LogP contribution >= 0.6 is 0 Å². The van der Waals surface area contributed by atoms with E-state index in [9.17, 15) is 5.11 Å². The molecule has 2 heteroatoms. The fraction of sp³-hybridized carbons (Fsp3) is 0.429. The van der Waals surface area contributed by atoms with E-state index in [2.05, 4.69) is 6.92 Å². The lowest BCUT2D eigenvalue weighted by Crippen LogP contribution is -2.12. The molecule has 1 rings (SSSR count). The van der Waals surface area contributed by atoms with E-state index in [0.717, 1.165) is 12.0 Å². The summed E-state index contributed by atoms with van der Waals surface area (Å²) in [4.78, 5) is 0. The average Bonchev–Trinajstić information content (AvgIpc) is 2.28. The first-order chi connectivity index (χ1) is 7.48. The predicted molar refractivity (Wildman–Crippen MR) is 67.4 cm³/mol. The SMILES string of the molecule is CCc1ccc(O)c(C=CC(C)(C)CO)c1. The number of rotatable bonds is 4. The van der Waals surface area contributed by atoms with Gasteiger partial charge in [-0.2, -0.15) is 0 Å². The van der Waals surface area contributed by atoms with E-state index < -0.39 is 0 Å². The van der Waals surface area contributed by atoms with Crippen LogP contribution in [0.1, 0.15) is 31.9 Å². The second kappa shape index (κ2) is 5.17. The Morgan fingerprint density at radius 3 is 2.56 bits per heavy atom. The lowest BCUT2D eigenvalue weighted by molar-refractivity contribution is 0.200. The number of hydrogen-bond donors (Lipinski definition) is 2. The number of aromatic hydroxyl groups is 1. The second-order valence-electron chi connectivity index (χ2n) is 4.73. The lowest BCUT2D eigenvalue weighted by atomic mass is 9.93. The number of benzene rings is 1. The van der Waals surface area contributed by atoms with Gasteiger partial charge in [0.1, 0.15) is 5.75 Å². The molecule has 0 fully saturated rings. The summed E-state index contributed by atoms with van der Waals surface area (Å²) in [5.41, 5.74) is 1.74. The highest BCUT2D eigenvalue weighted by atomic mass is 16.3. The van der Waals surface area contributed by atoms with Gasteiger partial charge in [-0.15, -0.1) is 0 Å². The molecular formula is C14H20O2. The number of aliphatic hydroxyl groups is 1. The third-order valence-corrected chi connectivity index (χ3v) is 2.62. The normalized spacial score (nSPS) is 12.2. The van der Waals surface area contributed by atoms with Gasteiger partial charge in [-0.05, 0) is 24.1 Å². The van der Waals surface area contributed by atoms with Crippen molar-refractivity contribution in [1.29, 1.82) is 0 Å². The van der Waals surface area contributed by atoms with E-state index in [1.807, 2.05) is 38.1 Å². The summed E-state index contributed by atoms with van der Waals surface area (Å²) in [6.45, 7) is 6.07. The summed E-state index contributed by atoms with van der Waals surface area (Å²) in [7, 11) is 0. The van der Waals surface area contributed by atoms with Gasteiger partial charge < -0.3 is 10.2 Å². The van der Waals surface area contributed by atoms with Gasteiger partial charge in [0, 0.05) is 11.0 Å². The van der Waals surface area contributed by atoms with Crippen molar-refractivity contribution in [3.05, 3.63) is 35.4 Å². The average molecular weight is 220 g/mol. The molecule has 0 unspecified atom stereocenters. The number of phenols is 1. The molecule has 1 aromatic rings. The standard InChI is InChI=1S/C14H20O2/c1-4-11-5-6-13(16)12(9-11)7-8-14(2,3)10-15/h5-9,15-16H,4,10H2,1-3H3. The minimum absolute atomic E-state index is 0.0950. The quantitative estimate of drug-likeness (QED) is 0.819. The van der Waals surface area contributed by atoms with Crippen LogP contribution in [-0.4, -0.2) is 16.8 Å². The van der Waals surface area contributed by atoms with Crippen molar-refractivity contribution in [1.82, 2.24) is 0 Å². The largest absolute Gasteiger partial charge is 0.507 e. The molecule has 0 spiro atoms. The molecule has 2 nitrogen and oxygen atoms in total. The molecule has 0 amide bonds. The Morgan fingerprint density at radius 1 is 1.31 bits per heavy atom. The third-order valence-electron chi connectivity index (χ3n) is 2.62. The predicted octanol–water partition coefficient (Wildman–Crippen LogP) is 2.99. The van der Waals surface area contributed by atoms with Crippen molar-refractivity contribution in [2.75, 3.05) is 6.61 Å². The molecule has 2 N–H and O–H groups in total. The molecule has 0 aliphatic heterocycles. The van der Waals surface area contributed by atoms with E-state index >= 15 is 0 Å². The molecule has 0 aliphatic rings. The van der Waals surface area contributed by atoms with E-state index in [-0.39, 0.29) is 17.8 Å². The maximum absolute atomic E-state index is 9.69. The van der Waals surface area contributed by atoms with Crippen LogP contribution in [0, 0.1) is 5.41 Å². The van der Waals surface area contributed by atoms with E-state index in [1.54, 1.807) is 6.07 Å². The minimum atomic E-state index is -0.255. The molecule has 0 bridgehead atoms. The van der Waals surface area contributed by atoms with Crippen LogP contribution in [0.5, 0.6) is 5.75 Å². The fourth-order valence-corrected chi connectivity index (χ4v) is 1.33. The van der Waals surface area contributed by atoms with Crippen LogP contribution in [0.2, 0.25) is 0 Å². The maximum Gasteiger partial charge on any atom is 0.122 e. The monoisotopic (exact) mass is 220 g/mol. The Morgan fingerprint density at radius 2 is 2.00 bits per heavy atom. The maximum atomic E-state index is 9.69. The second-order valence-corrected chi connectivity index (χ2v) is 4.73. The minimum Gasteiger partial charge on any atom is -0.507 e. The van der Waals surface area contributed by atoms with Gasteiger partial charge in [-0.3, -0.25) is 0 Å². The van der Waals surface area contributed by atoms with E-state index in [4.69, 9.17) is 5.11 Å². The van der Waals surface area contributed by atoms with Crippen molar-refractivity contribution in [3.63, 3.8) is 0 Å². The highest BCUT2D eigenvalue weighted by Gasteiger charge is 2.11. The van der Waals surface area contributed by atoms with Gasteiger partial charge in [0.05, 0.1) is 6.61 Å². The number of aryl methyl sites for hydroxylation is 1. The number of hydrogen-bond acceptors (Lipinski definition) is 2. The summed E-state index contributed by atoms with van der Waals surface area (Å²) >= 11 is 0. The Balaban J connectivity index is 2.96. The molecule has 0 saturated carbocycles. The van der Waals surface area contributed by atoms with Crippen LogP contribution in [0.25, 0.3) is 6.08 Å². The summed E-state index contributed by atoms with van der Waals surface area (Å²) < 4.78 is 0. The van der Waals surface area contributed by atoms with Crippen molar-refractivity contribution in [2.24, 2.45) is 5.41 Å². The molecule has 0 aliphatic carbocycles. The Bertz CT molecular complexity index is 378. The van der Waals surface area contributed by atoms with Crippen LogP contribution in [0.3, 0.4) is 0 Å². The van der Waals surface area contributed by atoms with E-state index in [1.165, 1.54) is 5.56 Å². The van der Waals surface area contributed by atoms with E-state index in [0.29, 0.717) is 0 Å². The Labute approximate surface area is 97.2 Å². The first kappa shape index (κ1) is 12.8. The van der Waals surface area contributed by atoms with Gasteiger partial charge >= 0.3 is 0 Å². The van der Waals surface area contributed by atoms with Gasteiger partial charge in [0.15, 0.2) is 0 Å². The van der Waals surface area contributed by atoms with Crippen molar-refractivity contribution in [2.45, 2.75) is 27.2 Å². The van der Waals surface area contributed by atoms with Crippen molar-refractivity contribution >= 4 is 6.08 Å². The molecular weight excluding hydrogens is 200 g/mol. The third kappa shape index (κ3) is 3.38. The number of aliphatic hydroxyl groups excluding tert-OH is 1. The van der Waals surface area contributed by atoms with Gasteiger partial charge in [-0.25, -0.2) is 0 Å². The summed E-state index contributed by atoms with van der Waals surface area (Å²) in [5.74, 6) is 0.280. The summed E-state index contributed by atoms with van der Waals surface area (Å²) in [6, 6.07) is 5.60. The highest BCUT2D eigenvalue weighted by Crippen LogP contribution is 2.23. The van der Waals surface area contributed by atoms with Gasteiger partial charge in [-0.1, -0.05) is 39.0 Å². The topological polar surface area (TPSA) is 40.5 Å².